The van der Waals surface area contributed by atoms with Crippen molar-refractivity contribution in [2.24, 2.45) is 4.99 Å². The molecular weight excluding hydrogens is 334 g/mol. The molecule has 0 spiro atoms. The van der Waals surface area contributed by atoms with Gasteiger partial charge in [0.25, 0.3) is 5.91 Å². The van der Waals surface area contributed by atoms with E-state index in [2.05, 4.69) is 10.3 Å². The minimum absolute atomic E-state index is 0.0645. The number of ether oxygens (including phenoxy) is 2. The van der Waals surface area contributed by atoms with Crippen LogP contribution in [0, 0.1) is 0 Å². The Morgan fingerprint density at radius 2 is 1.96 bits per heavy atom. The van der Waals surface area contributed by atoms with E-state index in [1.807, 2.05) is 36.4 Å². The number of benzene rings is 2. The average Bonchev–Trinajstić information content (AvgIpc) is 3.27. The van der Waals surface area contributed by atoms with Crippen molar-refractivity contribution in [2.45, 2.75) is 0 Å². The normalized spacial score (nSPS) is 16.6. The van der Waals surface area contributed by atoms with Crippen LogP contribution < -0.4 is 19.7 Å². The summed E-state index contributed by atoms with van der Waals surface area (Å²) in [5.41, 5.74) is 1.92. The fourth-order valence-electron chi connectivity index (χ4n) is 2.81. The second kappa shape index (κ2) is 6.89. The summed E-state index contributed by atoms with van der Waals surface area (Å²) in [7, 11) is 0. The minimum atomic E-state index is -0.295. The zero-order valence-electron chi connectivity index (χ0n) is 13.9. The molecule has 1 amide bonds. The van der Waals surface area contributed by atoms with Gasteiger partial charge in [0.2, 0.25) is 12.8 Å². The van der Waals surface area contributed by atoms with Crippen LogP contribution in [0.25, 0.3) is 6.08 Å². The third-order valence-corrected chi connectivity index (χ3v) is 4.03. The number of carbonyl (C=O) groups excluding carboxylic acids is 1. The number of aliphatic hydroxyl groups is 1. The van der Waals surface area contributed by atoms with Crippen molar-refractivity contribution >= 4 is 23.6 Å². The molecule has 2 heterocycles. The van der Waals surface area contributed by atoms with Crippen LogP contribution in [0.15, 0.2) is 59.2 Å². The molecule has 26 heavy (non-hydrogen) atoms. The van der Waals surface area contributed by atoms with E-state index >= 15 is 0 Å². The van der Waals surface area contributed by atoms with Gasteiger partial charge >= 0.3 is 0 Å². The van der Waals surface area contributed by atoms with E-state index < -0.39 is 0 Å². The Morgan fingerprint density at radius 1 is 1.15 bits per heavy atom. The van der Waals surface area contributed by atoms with Gasteiger partial charge in [-0.1, -0.05) is 24.3 Å². The second-order valence-corrected chi connectivity index (χ2v) is 5.74. The summed E-state index contributed by atoms with van der Waals surface area (Å²) in [6.07, 6.45) is 1.69. The molecule has 0 bridgehead atoms. The maximum absolute atomic E-state index is 12.3. The summed E-state index contributed by atoms with van der Waals surface area (Å²) >= 11 is 0. The third kappa shape index (κ3) is 3.12. The molecule has 4 rings (SSSR count). The van der Waals surface area contributed by atoms with E-state index in [1.165, 1.54) is 0 Å². The zero-order chi connectivity index (χ0) is 17.9. The first kappa shape index (κ1) is 16.2. The van der Waals surface area contributed by atoms with Gasteiger partial charge in [-0.05, 0) is 35.9 Å². The molecule has 0 radical (unpaired) electrons. The van der Waals surface area contributed by atoms with E-state index in [-0.39, 0.29) is 25.0 Å². The van der Waals surface area contributed by atoms with Crippen LogP contribution in [0.4, 0.5) is 5.69 Å². The van der Waals surface area contributed by atoms with Gasteiger partial charge in [0.05, 0.1) is 6.61 Å². The quantitative estimate of drug-likeness (QED) is 0.820. The lowest BCUT2D eigenvalue weighted by Crippen LogP contribution is -2.42. The highest BCUT2D eigenvalue weighted by atomic mass is 16.7. The number of anilines is 1. The molecule has 2 aliphatic rings. The standard InChI is InChI=1S/C19H17N3O4/c23-9-8-22(14-4-2-1-3-5-14)19-20-15(18(24)21-19)10-13-6-7-16-17(11-13)26-12-25-16/h1-7,10-11,23H,8-9,12H2,(H,20,21,24). The molecule has 2 aliphatic heterocycles. The molecule has 0 aliphatic carbocycles. The number of hydrogen-bond donors (Lipinski definition) is 2. The lowest BCUT2D eigenvalue weighted by molar-refractivity contribution is -0.115. The third-order valence-electron chi connectivity index (χ3n) is 4.03. The van der Waals surface area contributed by atoms with E-state index in [0.29, 0.717) is 24.0 Å². The molecule has 0 fully saturated rings. The highest BCUT2D eigenvalue weighted by molar-refractivity contribution is 6.18. The molecule has 0 aromatic heterocycles. The van der Waals surface area contributed by atoms with Crippen molar-refractivity contribution < 1.29 is 19.4 Å². The molecule has 2 N–H and O–H groups in total. The smallest absolute Gasteiger partial charge is 0.276 e. The minimum Gasteiger partial charge on any atom is -0.454 e. The molecule has 7 heteroatoms. The van der Waals surface area contributed by atoms with Gasteiger partial charge in [-0.2, -0.15) is 0 Å². The van der Waals surface area contributed by atoms with E-state index in [9.17, 15) is 9.90 Å². The molecule has 0 unspecified atom stereocenters. The van der Waals surface area contributed by atoms with Gasteiger partial charge in [0, 0.05) is 12.2 Å². The Labute approximate surface area is 150 Å². The molecular formula is C19H17N3O4. The van der Waals surface area contributed by atoms with Crippen LogP contribution in [-0.2, 0) is 4.79 Å². The lowest BCUT2D eigenvalue weighted by Gasteiger charge is -2.22. The number of hydrogen-bond acceptors (Lipinski definition) is 6. The number of rotatable bonds is 4. The maximum Gasteiger partial charge on any atom is 0.276 e. The van der Waals surface area contributed by atoms with Crippen molar-refractivity contribution in [1.29, 1.82) is 0 Å². The van der Waals surface area contributed by atoms with Gasteiger partial charge in [0.15, 0.2) is 11.5 Å². The monoisotopic (exact) mass is 351 g/mol. The Bertz CT molecular complexity index is 893. The van der Waals surface area contributed by atoms with Crippen LogP contribution >= 0.6 is 0 Å². The van der Waals surface area contributed by atoms with Crippen LogP contribution in [0.3, 0.4) is 0 Å². The summed E-state index contributed by atoms with van der Waals surface area (Å²) in [4.78, 5) is 18.5. The number of para-hydroxylation sites is 1. The predicted molar refractivity (Wildman–Crippen MR) is 97.0 cm³/mol. The Balaban J connectivity index is 1.63. The first-order chi connectivity index (χ1) is 12.7. The van der Waals surface area contributed by atoms with Gasteiger partial charge in [-0.25, -0.2) is 4.99 Å². The number of fused-ring (bicyclic) bond motifs is 1. The summed E-state index contributed by atoms with van der Waals surface area (Å²) in [5, 5.41) is 12.1. The molecule has 0 saturated carbocycles. The number of nitrogens with zero attached hydrogens (tertiary/aromatic N) is 2. The number of aliphatic hydroxyl groups excluding tert-OH is 1. The molecule has 132 valence electrons. The van der Waals surface area contributed by atoms with E-state index in [1.54, 1.807) is 23.1 Å². The fourth-order valence-corrected chi connectivity index (χ4v) is 2.81. The number of amides is 1. The predicted octanol–water partition coefficient (Wildman–Crippen LogP) is 1.74. The van der Waals surface area contributed by atoms with Gasteiger partial charge in [0.1, 0.15) is 5.70 Å². The summed E-state index contributed by atoms with van der Waals surface area (Å²) in [6, 6.07) is 14.9. The number of aliphatic imine (C=N–C) groups is 1. The van der Waals surface area contributed by atoms with Gasteiger partial charge < -0.3 is 19.5 Å². The van der Waals surface area contributed by atoms with Crippen molar-refractivity contribution in [2.75, 3.05) is 24.8 Å². The Morgan fingerprint density at radius 3 is 2.77 bits per heavy atom. The van der Waals surface area contributed by atoms with Gasteiger partial charge in [-0.3, -0.25) is 10.1 Å². The summed E-state index contributed by atoms with van der Waals surface area (Å²) < 4.78 is 10.6. The van der Waals surface area contributed by atoms with Crippen molar-refractivity contribution in [1.82, 2.24) is 5.32 Å². The fraction of sp³-hybridized carbons (Fsp3) is 0.158. The molecule has 2 aromatic rings. The van der Waals surface area contributed by atoms with E-state index in [0.717, 1.165) is 11.3 Å². The van der Waals surface area contributed by atoms with Crippen molar-refractivity contribution in [3.8, 4) is 11.5 Å². The summed E-state index contributed by atoms with van der Waals surface area (Å²) in [6.45, 7) is 0.455. The number of nitrogens with one attached hydrogen (secondary N) is 1. The topological polar surface area (TPSA) is 83.4 Å². The van der Waals surface area contributed by atoms with Crippen molar-refractivity contribution in [3.63, 3.8) is 0 Å². The zero-order valence-corrected chi connectivity index (χ0v) is 13.9. The highest BCUT2D eigenvalue weighted by Crippen LogP contribution is 2.33. The maximum atomic E-state index is 12.3. The molecule has 0 atom stereocenters. The SMILES string of the molecule is O=C1NC(N(CCO)c2ccccc2)=NC1=Cc1ccc2c(c1)OCO2. The highest BCUT2D eigenvalue weighted by Gasteiger charge is 2.25. The summed E-state index contributed by atoms with van der Waals surface area (Å²) in [5.74, 6) is 1.43. The number of carbonyl (C=O) groups is 1. The van der Waals surface area contributed by atoms with Crippen LogP contribution in [0.1, 0.15) is 5.56 Å². The van der Waals surface area contributed by atoms with Crippen LogP contribution in [0.5, 0.6) is 11.5 Å². The first-order valence-electron chi connectivity index (χ1n) is 8.19. The van der Waals surface area contributed by atoms with Gasteiger partial charge in [-0.15, -0.1) is 0 Å². The Hall–Kier alpha value is -3.32. The van der Waals surface area contributed by atoms with E-state index in [4.69, 9.17) is 9.47 Å². The first-order valence-corrected chi connectivity index (χ1v) is 8.19. The van der Waals surface area contributed by atoms with Crippen LogP contribution in [-0.4, -0.2) is 36.9 Å². The van der Waals surface area contributed by atoms with Crippen molar-refractivity contribution in [3.05, 3.63) is 59.8 Å². The largest absolute Gasteiger partial charge is 0.454 e. The average molecular weight is 351 g/mol. The lowest BCUT2D eigenvalue weighted by atomic mass is 10.1. The number of guanidine groups is 1. The molecule has 0 saturated heterocycles. The molecule has 2 aromatic carbocycles. The molecule has 7 nitrogen and oxygen atoms in total. The van der Waals surface area contributed by atoms with Crippen LogP contribution in [0.2, 0.25) is 0 Å². The Kier molecular flexibility index (Phi) is 4.28. The second-order valence-electron chi connectivity index (χ2n) is 5.74.